The van der Waals surface area contributed by atoms with E-state index in [1.165, 1.54) is 0 Å². The summed E-state index contributed by atoms with van der Waals surface area (Å²) in [7, 11) is 0. The largest absolute Gasteiger partial charge is 0.399 e. The van der Waals surface area contributed by atoms with E-state index in [1.807, 2.05) is 16.8 Å². The predicted octanol–water partition coefficient (Wildman–Crippen LogP) is 3.42. The summed E-state index contributed by atoms with van der Waals surface area (Å²) in [6, 6.07) is 9.46. The summed E-state index contributed by atoms with van der Waals surface area (Å²) >= 11 is 3.42. The molecular formula is C14H14BrN3O. The number of nitrogens with one attached hydrogen (secondary N) is 1. The Hall–Kier alpha value is -1.75. The topological polar surface area (TPSA) is 60.0 Å². The van der Waals surface area contributed by atoms with Crippen LogP contribution in [0.5, 0.6) is 0 Å². The van der Waals surface area contributed by atoms with E-state index in [1.54, 1.807) is 24.3 Å². The number of nitrogens with zero attached hydrogens (tertiary/aromatic N) is 1. The number of aromatic nitrogens is 1. The number of amides is 1. The molecule has 1 aliphatic carbocycles. The van der Waals surface area contributed by atoms with Crippen LogP contribution in [0.1, 0.15) is 29.4 Å². The van der Waals surface area contributed by atoms with E-state index in [9.17, 15) is 4.79 Å². The summed E-state index contributed by atoms with van der Waals surface area (Å²) in [4.78, 5) is 12.3. The number of nitrogen functional groups attached to an aromatic ring is 1. The van der Waals surface area contributed by atoms with Crippen molar-refractivity contribution in [2.24, 2.45) is 0 Å². The highest BCUT2D eigenvalue weighted by Gasteiger charge is 2.27. The number of rotatable bonds is 3. The number of carbonyl (C=O) groups excluding carboxylic acids is 1. The van der Waals surface area contributed by atoms with Crippen molar-refractivity contribution in [1.29, 1.82) is 0 Å². The molecule has 0 radical (unpaired) electrons. The number of benzene rings is 1. The van der Waals surface area contributed by atoms with Crippen LogP contribution in [-0.2, 0) is 0 Å². The number of hydrogen-bond donors (Lipinski definition) is 2. The lowest BCUT2D eigenvalue weighted by Crippen LogP contribution is -2.16. The Labute approximate surface area is 119 Å². The molecule has 5 heteroatoms. The van der Waals surface area contributed by atoms with Crippen molar-refractivity contribution >= 4 is 33.2 Å². The zero-order valence-corrected chi connectivity index (χ0v) is 11.9. The highest BCUT2D eigenvalue weighted by atomic mass is 79.9. The van der Waals surface area contributed by atoms with E-state index in [0.29, 0.717) is 17.4 Å². The lowest BCUT2D eigenvalue weighted by Gasteiger charge is -2.08. The van der Waals surface area contributed by atoms with Gasteiger partial charge in [0, 0.05) is 28.1 Å². The third-order valence-corrected chi connectivity index (χ3v) is 3.59. The van der Waals surface area contributed by atoms with E-state index in [2.05, 4.69) is 21.2 Å². The van der Waals surface area contributed by atoms with Gasteiger partial charge in [0.05, 0.1) is 0 Å². The number of hydrogen-bond acceptors (Lipinski definition) is 2. The van der Waals surface area contributed by atoms with Crippen LogP contribution in [0.4, 0.5) is 11.4 Å². The molecule has 1 amide bonds. The summed E-state index contributed by atoms with van der Waals surface area (Å²) < 4.78 is 2.97. The molecule has 19 heavy (non-hydrogen) atoms. The Balaban J connectivity index is 1.82. The van der Waals surface area contributed by atoms with E-state index in [0.717, 1.165) is 23.0 Å². The first-order valence-electron chi connectivity index (χ1n) is 6.18. The number of anilines is 2. The molecule has 0 unspecified atom stereocenters. The summed E-state index contributed by atoms with van der Waals surface area (Å²) in [5.74, 6) is -0.0950. The standard InChI is InChI=1S/C14H14BrN3O/c15-9-7-13(18(8-9)12-5-6-12)14(19)17-11-3-1-10(16)2-4-11/h1-4,7-8,12H,5-6,16H2,(H,17,19). The van der Waals surface area contributed by atoms with Gasteiger partial charge in [-0.25, -0.2) is 0 Å². The summed E-state index contributed by atoms with van der Waals surface area (Å²) in [6.45, 7) is 0. The molecule has 1 fully saturated rings. The van der Waals surface area contributed by atoms with Crippen molar-refractivity contribution in [2.75, 3.05) is 11.1 Å². The fourth-order valence-electron chi connectivity index (χ4n) is 2.04. The van der Waals surface area contributed by atoms with Crippen molar-refractivity contribution in [3.8, 4) is 0 Å². The molecule has 1 saturated carbocycles. The Morgan fingerprint density at radius 1 is 1.32 bits per heavy atom. The number of nitrogens with two attached hydrogens (primary N) is 1. The van der Waals surface area contributed by atoms with Gasteiger partial charge in [0.1, 0.15) is 5.69 Å². The summed E-state index contributed by atoms with van der Waals surface area (Å²) in [6.07, 6.45) is 4.25. The first-order valence-corrected chi connectivity index (χ1v) is 6.97. The van der Waals surface area contributed by atoms with Crippen LogP contribution in [0.25, 0.3) is 0 Å². The molecule has 3 rings (SSSR count). The lowest BCUT2D eigenvalue weighted by molar-refractivity contribution is 0.101. The molecule has 1 aromatic heterocycles. The van der Waals surface area contributed by atoms with Crippen LogP contribution in [0.3, 0.4) is 0 Å². The molecule has 0 bridgehead atoms. The maximum absolute atomic E-state index is 12.3. The van der Waals surface area contributed by atoms with E-state index >= 15 is 0 Å². The van der Waals surface area contributed by atoms with Gasteiger partial charge < -0.3 is 15.6 Å². The molecule has 2 aromatic rings. The highest BCUT2D eigenvalue weighted by Crippen LogP contribution is 2.37. The Kier molecular flexibility index (Phi) is 3.06. The molecule has 0 spiro atoms. The van der Waals surface area contributed by atoms with Crippen molar-refractivity contribution in [2.45, 2.75) is 18.9 Å². The Morgan fingerprint density at radius 2 is 2.00 bits per heavy atom. The number of halogens is 1. The number of carbonyl (C=O) groups is 1. The Morgan fingerprint density at radius 3 is 2.63 bits per heavy atom. The normalized spacial score (nSPS) is 14.4. The monoisotopic (exact) mass is 319 g/mol. The molecule has 0 aliphatic heterocycles. The fraction of sp³-hybridized carbons (Fsp3) is 0.214. The molecule has 0 atom stereocenters. The van der Waals surface area contributed by atoms with Gasteiger partial charge in [-0.05, 0) is 59.1 Å². The molecule has 0 saturated heterocycles. The van der Waals surface area contributed by atoms with Crippen LogP contribution < -0.4 is 11.1 Å². The maximum atomic E-state index is 12.3. The summed E-state index contributed by atoms with van der Waals surface area (Å²) in [5, 5.41) is 2.89. The SMILES string of the molecule is Nc1ccc(NC(=O)c2cc(Br)cn2C2CC2)cc1. The third kappa shape index (κ3) is 2.66. The average Bonchev–Trinajstić information content (AvgIpc) is 3.15. The highest BCUT2D eigenvalue weighted by molar-refractivity contribution is 9.10. The van der Waals surface area contributed by atoms with Gasteiger partial charge in [0.15, 0.2) is 0 Å². The zero-order valence-electron chi connectivity index (χ0n) is 10.3. The summed E-state index contributed by atoms with van der Waals surface area (Å²) in [5.41, 5.74) is 7.74. The molecule has 1 heterocycles. The smallest absolute Gasteiger partial charge is 0.272 e. The van der Waals surface area contributed by atoms with Crippen molar-refractivity contribution < 1.29 is 4.79 Å². The molecule has 98 valence electrons. The van der Waals surface area contributed by atoms with Gasteiger partial charge in [0.25, 0.3) is 5.91 Å². The minimum Gasteiger partial charge on any atom is -0.399 e. The predicted molar refractivity (Wildman–Crippen MR) is 79.2 cm³/mol. The van der Waals surface area contributed by atoms with Crippen LogP contribution >= 0.6 is 15.9 Å². The third-order valence-electron chi connectivity index (χ3n) is 3.16. The molecular weight excluding hydrogens is 306 g/mol. The lowest BCUT2D eigenvalue weighted by atomic mass is 10.3. The van der Waals surface area contributed by atoms with Crippen molar-refractivity contribution in [1.82, 2.24) is 4.57 Å². The van der Waals surface area contributed by atoms with Crippen LogP contribution in [-0.4, -0.2) is 10.5 Å². The van der Waals surface area contributed by atoms with E-state index in [4.69, 9.17) is 5.73 Å². The quantitative estimate of drug-likeness (QED) is 0.851. The maximum Gasteiger partial charge on any atom is 0.272 e. The minimum atomic E-state index is -0.0950. The van der Waals surface area contributed by atoms with Crippen LogP contribution in [0, 0.1) is 0 Å². The van der Waals surface area contributed by atoms with Gasteiger partial charge >= 0.3 is 0 Å². The second kappa shape index (κ2) is 4.74. The zero-order chi connectivity index (χ0) is 13.4. The molecule has 4 nitrogen and oxygen atoms in total. The second-order valence-corrected chi connectivity index (χ2v) is 5.67. The second-order valence-electron chi connectivity index (χ2n) is 4.76. The molecule has 1 aromatic carbocycles. The average molecular weight is 320 g/mol. The Bertz CT molecular complexity index is 614. The van der Waals surface area contributed by atoms with Gasteiger partial charge in [-0.15, -0.1) is 0 Å². The van der Waals surface area contributed by atoms with Gasteiger partial charge in [-0.1, -0.05) is 0 Å². The van der Waals surface area contributed by atoms with Gasteiger partial charge in [-0.3, -0.25) is 4.79 Å². The first-order chi connectivity index (χ1) is 9.13. The van der Waals surface area contributed by atoms with E-state index < -0.39 is 0 Å². The van der Waals surface area contributed by atoms with E-state index in [-0.39, 0.29) is 5.91 Å². The molecule has 3 N–H and O–H groups in total. The van der Waals surface area contributed by atoms with Crippen molar-refractivity contribution in [3.63, 3.8) is 0 Å². The van der Waals surface area contributed by atoms with Crippen molar-refractivity contribution in [3.05, 3.63) is 46.7 Å². The minimum absolute atomic E-state index is 0.0950. The molecule has 1 aliphatic rings. The van der Waals surface area contributed by atoms with Gasteiger partial charge in [0.2, 0.25) is 0 Å². The van der Waals surface area contributed by atoms with Gasteiger partial charge in [-0.2, -0.15) is 0 Å². The fourth-order valence-corrected chi connectivity index (χ4v) is 2.48. The van der Waals surface area contributed by atoms with Crippen LogP contribution in [0.15, 0.2) is 41.0 Å². The first kappa shape index (κ1) is 12.3. The van der Waals surface area contributed by atoms with Crippen LogP contribution in [0.2, 0.25) is 0 Å².